The molecule has 3 aromatic rings. The van der Waals surface area contributed by atoms with Crippen LogP contribution in [0.1, 0.15) is 66.2 Å². The van der Waals surface area contributed by atoms with Crippen LogP contribution in [-0.4, -0.2) is 72.1 Å². The zero-order valence-corrected chi connectivity index (χ0v) is 30.9. The van der Waals surface area contributed by atoms with Crippen molar-refractivity contribution in [2.45, 2.75) is 71.1 Å². The molecule has 2 N–H and O–H groups in total. The summed E-state index contributed by atoms with van der Waals surface area (Å²) >= 11 is 0. The number of esters is 1. The van der Waals surface area contributed by atoms with E-state index in [0.717, 1.165) is 17.0 Å². The van der Waals surface area contributed by atoms with Crippen molar-refractivity contribution in [3.63, 3.8) is 0 Å². The number of nitrogens with one attached hydrogen (secondary N) is 2. The van der Waals surface area contributed by atoms with Crippen LogP contribution < -0.4 is 24.8 Å². The third kappa shape index (κ3) is 11.1. The number of halogens is 3. The zero-order valence-electron chi connectivity index (χ0n) is 30.9. The second kappa shape index (κ2) is 17.8. The van der Waals surface area contributed by atoms with Gasteiger partial charge in [-0.2, -0.15) is 13.2 Å². The number of nitrogens with zero attached hydrogens (tertiary/aromatic N) is 2. The van der Waals surface area contributed by atoms with E-state index in [0.29, 0.717) is 5.56 Å². The summed E-state index contributed by atoms with van der Waals surface area (Å²) in [5.41, 5.74) is -1.88. The molecule has 0 aromatic heterocycles. The van der Waals surface area contributed by atoms with E-state index in [1.807, 2.05) is 5.32 Å². The van der Waals surface area contributed by atoms with Crippen LogP contribution in [0.4, 0.5) is 23.7 Å². The predicted molar refractivity (Wildman–Crippen MR) is 188 cm³/mol. The number of imide groups is 1. The number of alkyl halides is 3. The van der Waals surface area contributed by atoms with Gasteiger partial charge in [-0.15, -0.1) is 0 Å². The Bertz CT molecular complexity index is 2000. The maximum atomic E-state index is 13.6. The smallest absolute Gasteiger partial charge is 0.416 e. The van der Waals surface area contributed by atoms with Gasteiger partial charge in [0.15, 0.2) is 18.1 Å². The molecule has 0 radical (unpaired) electrons. The lowest BCUT2D eigenvalue weighted by Crippen LogP contribution is -2.49. The van der Waals surface area contributed by atoms with E-state index < -0.39 is 83.5 Å². The first kappa shape index (κ1) is 42.3. The van der Waals surface area contributed by atoms with Crippen molar-refractivity contribution in [1.82, 2.24) is 15.5 Å². The number of carbonyl (C=O) groups is 5. The molecule has 1 aliphatic heterocycles. The Labute approximate surface area is 318 Å². The van der Waals surface area contributed by atoms with E-state index in [-0.39, 0.29) is 53.3 Å². The van der Waals surface area contributed by atoms with E-state index in [9.17, 15) is 47.3 Å². The molecule has 0 bridgehead atoms. The van der Waals surface area contributed by atoms with Crippen LogP contribution in [0.3, 0.4) is 0 Å². The number of alkyl carbamates (subject to hydrolysis) is 1. The van der Waals surface area contributed by atoms with Gasteiger partial charge in [0.05, 0.1) is 36.3 Å². The Kier molecular flexibility index (Phi) is 13.5. The molecule has 16 nitrogen and oxygen atoms in total. The lowest BCUT2D eigenvalue weighted by molar-refractivity contribution is -0.385. The lowest BCUT2D eigenvalue weighted by atomic mass is 10.1. The second-order valence-corrected chi connectivity index (χ2v) is 13.3. The normalized spacial score (nSPS) is 12.9. The van der Waals surface area contributed by atoms with Crippen LogP contribution in [0, 0.1) is 10.1 Å². The minimum Gasteiger partial charge on any atom is -0.493 e. The summed E-state index contributed by atoms with van der Waals surface area (Å²) in [6, 6.07) is 9.90. The molecule has 0 saturated carbocycles. The third-order valence-electron chi connectivity index (χ3n) is 8.16. The van der Waals surface area contributed by atoms with E-state index in [1.165, 1.54) is 56.7 Å². The molecule has 0 saturated heterocycles. The molecule has 0 aliphatic carbocycles. The number of nitro benzene ring substituents is 1. The van der Waals surface area contributed by atoms with Gasteiger partial charge in [0.25, 0.3) is 23.4 Å². The summed E-state index contributed by atoms with van der Waals surface area (Å²) in [6.45, 7) is 3.11. The van der Waals surface area contributed by atoms with Crippen molar-refractivity contribution in [3.8, 4) is 17.2 Å². The highest BCUT2D eigenvalue weighted by Gasteiger charge is 2.38. The Hall–Kier alpha value is -6.40. The van der Waals surface area contributed by atoms with Crippen LogP contribution in [0.15, 0.2) is 54.6 Å². The largest absolute Gasteiger partial charge is 0.493 e. The van der Waals surface area contributed by atoms with Gasteiger partial charge in [0.1, 0.15) is 24.0 Å². The maximum absolute atomic E-state index is 13.6. The van der Waals surface area contributed by atoms with Crippen LogP contribution in [-0.2, 0) is 49.7 Å². The highest BCUT2D eigenvalue weighted by molar-refractivity contribution is 6.03. The van der Waals surface area contributed by atoms with Crippen molar-refractivity contribution < 1.29 is 65.8 Å². The van der Waals surface area contributed by atoms with E-state index in [1.54, 1.807) is 20.8 Å². The summed E-state index contributed by atoms with van der Waals surface area (Å²) in [6.07, 6.45) is -6.53. The molecule has 3 aromatic carbocycles. The summed E-state index contributed by atoms with van der Waals surface area (Å²) in [4.78, 5) is 77.0. The molecular weight excluding hydrogens is 749 g/mol. The number of carbonyl (C=O) groups excluding carboxylic acids is 5. The lowest BCUT2D eigenvalue weighted by Gasteiger charge is -2.27. The number of rotatable bonds is 15. The van der Waals surface area contributed by atoms with Crippen molar-refractivity contribution >= 4 is 35.5 Å². The van der Waals surface area contributed by atoms with Gasteiger partial charge < -0.3 is 33.9 Å². The molecular formula is C37H39F3N4O12. The highest BCUT2D eigenvalue weighted by Crippen LogP contribution is 2.35. The molecule has 0 spiro atoms. The number of benzene rings is 3. The number of amides is 4. The molecule has 19 heteroatoms. The molecule has 300 valence electrons. The minimum absolute atomic E-state index is 0.0562. The minimum atomic E-state index is -4.61. The first-order valence-electron chi connectivity index (χ1n) is 16.9. The Balaban J connectivity index is 1.44. The summed E-state index contributed by atoms with van der Waals surface area (Å²) < 4.78 is 66.1. The maximum Gasteiger partial charge on any atom is 0.416 e. The summed E-state index contributed by atoms with van der Waals surface area (Å²) in [7, 11) is 2.58. The van der Waals surface area contributed by atoms with Crippen LogP contribution in [0.25, 0.3) is 0 Å². The molecule has 0 fully saturated rings. The van der Waals surface area contributed by atoms with Crippen molar-refractivity contribution in [2.75, 3.05) is 20.8 Å². The summed E-state index contributed by atoms with van der Waals surface area (Å²) in [5.74, 6) is -2.75. The zero-order chi connectivity index (χ0) is 41.4. The fourth-order valence-corrected chi connectivity index (χ4v) is 5.64. The molecule has 1 unspecified atom stereocenters. The standard InChI is InChI=1S/C37H39F3N4O12/c1-36(2,3)56-32(46)13-12-27(33(47)42-35(49)55-19-23-15-29(52-4)30(53-5)16-28(23)44(50)51)43-18-22-14-24(10-11-25(22)34(43)48)54-20-31(45)41-17-21-8-6-7-9-26(21)37(38,39)40/h6-11,14-16,27H,12-13,17-20H2,1-5H3,(H,41,45)(H,42,47,49). The van der Waals surface area contributed by atoms with Gasteiger partial charge >= 0.3 is 18.2 Å². The van der Waals surface area contributed by atoms with E-state index >= 15 is 0 Å². The van der Waals surface area contributed by atoms with E-state index in [4.69, 9.17) is 23.7 Å². The average molecular weight is 789 g/mol. The van der Waals surface area contributed by atoms with Gasteiger partial charge in [0, 0.05) is 25.1 Å². The fraction of sp³-hybridized carbons (Fsp3) is 0.378. The number of methoxy groups -OCH3 is 2. The number of nitro groups is 1. The number of hydrogen-bond donors (Lipinski definition) is 2. The van der Waals surface area contributed by atoms with Gasteiger partial charge in [-0.3, -0.25) is 34.6 Å². The van der Waals surface area contributed by atoms with Crippen molar-refractivity contribution in [3.05, 3.63) is 92.5 Å². The Morgan fingerprint density at radius 1 is 0.964 bits per heavy atom. The monoisotopic (exact) mass is 788 g/mol. The van der Waals surface area contributed by atoms with Gasteiger partial charge in [-0.25, -0.2) is 4.79 Å². The third-order valence-corrected chi connectivity index (χ3v) is 8.16. The van der Waals surface area contributed by atoms with E-state index in [2.05, 4.69) is 5.32 Å². The van der Waals surface area contributed by atoms with Gasteiger partial charge in [-0.1, -0.05) is 18.2 Å². The Morgan fingerprint density at radius 3 is 2.29 bits per heavy atom. The highest BCUT2D eigenvalue weighted by atomic mass is 19.4. The quantitative estimate of drug-likeness (QED) is 0.116. The number of ether oxygens (including phenoxy) is 5. The number of hydrogen-bond acceptors (Lipinski definition) is 12. The molecule has 1 atom stereocenters. The van der Waals surface area contributed by atoms with Crippen LogP contribution in [0.2, 0.25) is 0 Å². The van der Waals surface area contributed by atoms with Crippen molar-refractivity contribution in [2.24, 2.45) is 0 Å². The molecule has 4 amide bonds. The first-order chi connectivity index (χ1) is 26.3. The second-order valence-electron chi connectivity index (χ2n) is 13.3. The predicted octanol–water partition coefficient (Wildman–Crippen LogP) is 5.23. The molecule has 4 rings (SSSR count). The fourth-order valence-electron chi connectivity index (χ4n) is 5.64. The van der Waals surface area contributed by atoms with Crippen molar-refractivity contribution in [1.29, 1.82) is 0 Å². The molecule has 1 aliphatic rings. The number of fused-ring (bicyclic) bond motifs is 1. The van der Waals surface area contributed by atoms with Crippen LogP contribution >= 0.6 is 0 Å². The SMILES string of the molecule is COc1cc(COC(=O)NC(=O)C(CCC(=O)OC(C)(C)C)N2Cc3cc(OCC(=O)NCc4ccccc4C(F)(F)F)ccc3C2=O)c([N+](=O)[O-])cc1OC. The average Bonchev–Trinajstić information content (AvgIpc) is 3.45. The first-order valence-corrected chi connectivity index (χ1v) is 16.9. The molecule has 56 heavy (non-hydrogen) atoms. The molecule has 1 heterocycles. The Morgan fingerprint density at radius 2 is 1.64 bits per heavy atom. The summed E-state index contributed by atoms with van der Waals surface area (Å²) in [5, 5.41) is 16.1. The van der Waals surface area contributed by atoms with Gasteiger partial charge in [-0.05, 0) is 68.7 Å². The van der Waals surface area contributed by atoms with Gasteiger partial charge in [0.2, 0.25) is 0 Å². The van der Waals surface area contributed by atoms with Crippen LogP contribution in [0.5, 0.6) is 17.2 Å². The topological polar surface area (TPSA) is 202 Å².